The van der Waals surface area contributed by atoms with Crippen LogP contribution in [0, 0.1) is 5.92 Å². The normalized spacial score (nSPS) is 18.8. The number of aromatic carboxylic acids is 1. The van der Waals surface area contributed by atoms with Crippen LogP contribution in [0.5, 0.6) is 5.75 Å². The third-order valence-electron chi connectivity index (χ3n) is 4.14. The van der Waals surface area contributed by atoms with Crippen LogP contribution in [0.4, 0.5) is 5.69 Å². The highest BCUT2D eigenvalue weighted by Gasteiger charge is 2.44. The number of carbonyl (C=O) groups excluding carboxylic acids is 1. The molecule has 1 saturated carbocycles. The van der Waals surface area contributed by atoms with Crippen LogP contribution in [0.3, 0.4) is 0 Å². The summed E-state index contributed by atoms with van der Waals surface area (Å²) in [4.78, 5) is 23.7. The third-order valence-corrected chi connectivity index (χ3v) is 4.63. The number of ether oxygens (including phenoxy) is 1. The van der Waals surface area contributed by atoms with Crippen LogP contribution in [0.25, 0.3) is 0 Å². The summed E-state index contributed by atoms with van der Waals surface area (Å²) >= 11 is 3.24. The summed E-state index contributed by atoms with van der Waals surface area (Å²) in [6, 6.07) is 12.4. The second kappa shape index (κ2) is 6.65. The quantitative estimate of drug-likeness (QED) is 0.812. The zero-order chi connectivity index (χ0) is 17.3. The number of carboxylic acid groups (broad SMARTS) is 1. The molecule has 24 heavy (non-hydrogen) atoms. The molecule has 0 radical (unpaired) electrons. The largest absolute Gasteiger partial charge is 0.497 e. The van der Waals surface area contributed by atoms with Crippen LogP contribution in [0.1, 0.15) is 28.3 Å². The van der Waals surface area contributed by atoms with Crippen LogP contribution in [-0.2, 0) is 4.79 Å². The lowest BCUT2D eigenvalue weighted by Crippen LogP contribution is -2.17. The molecule has 3 rings (SSSR count). The van der Waals surface area contributed by atoms with Gasteiger partial charge in [-0.25, -0.2) is 4.79 Å². The Kier molecular flexibility index (Phi) is 4.57. The van der Waals surface area contributed by atoms with E-state index in [1.54, 1.807) is 19.2 Å². The van der Waals surface area contributed by atoms with Gasteiger partial charge in [-0.15, -0.1) is 0 Å². The van der Waals surface area contributed by atoms with E-state index in [1.807, 2.05) is 24.3 Å². The highest BCUT2D eigenvalue weighted by molar-refractivity contribution is 9.10. The van der Waals surface area contributed by atoms with Gasteiger partial charge in [0.25, 0.3) is 0 Å². The summed E-state index contributed by atoms with van der Waals surface area (Å²) in [5, 5.41) is 12.0. The number of carboxylic acids is 1. The number of amides is 1. The number of methoxy groups -OCH3 is 1. The van der Waals surface area contributed by atoms with E-state index in [0.29, 0.717) is 10.2 Å². The molecule has 0 saturated heterocycles. The Hall–Kier alpha value is -2.34. The van der Waals surface area contributed by atoms with Crippen molar-refractivity contribution in [3.05, 3.63) is 58.1 Å². The number of rotatable bonds is 5. The second-order valence-electron chi connectivity index (χ2n) is 5.71. The molecule has 0 aliphatic heterocycles. The fraction of sp³-hybridized carbons (Fsp3) is 0.222. The average molecular weight is 390 g/mol. The molecular formula is C18H16BrNO4. The molecule has 0 bridgehead atoms. The van der Waals surface area contributed by atoms with E-state index in [1.165, 1.54) is 6.07 Å². The number of benzene rings is 2. The zero-order valence-corrected chi connectivity index (χ0v) is 14.5. The molecule has 0 aromatic heterocycles. The van der Waals surface area contributed by atoms with Gasteiger partial charge in [0.05, 0.1) is 18.4 Å². The maximum atomic E-state index is 12.4. The zero-order valence-electron chi connectivity index (χ0n) is 13.0. The summed E-state index contributed by atoms with van der Waals surface area (Å²) < 4.78 is 5.78. The average Bonchev–Trinajstić information content (AvgIpc) is 3.37. The van der Waals surface area contributed by atoms with Gasteiger partial charge in [0, 0.05) is 10.4 Å². The first kappa shape index (κ1) is 16.5. The van der Waals surface area contributed by atoms with Crippen molar-refractivity contribution < 1.29 is 19.4 Å². The van der Waals surface area contributed by atoms with Crippen LogP contribution in [0.15, 0.2) is 46.9 Å². The molecule has 2 unspecified atom stereocenters. The first-order valence-electron chi connectivity index (χ1n) is 7.47. The van der Waals surface area contributed by atoms with Crippen molar-refractivity contribution in [2.45, 2.75) is 12.3 Å². The summed E-state index contributed by atoms with van der Waals surface area (Å²) in [5.41, 5.74) is 1.47. The Labute approximate surface area is 147 Å². The topological polar surface area (TPSA) is 75.6 Å². The second-order valence-corrected chi connectivity index (χ2v) is 6.62. The molecule has 2 atom stereocenters. The Balaban J connectivity index is 1.70. The molecule has 124 valence electrons. The Morgan fingerprint density at radius 3 is 2.54 bits per heavy atom. The van der Waals surface area contributed by atoms with Gasteiger partial charge in [0.2, 0.25) is 5.91 Å². The third kappa shape index (κ3) is 3.43. The van der Waals surface area contributed by atoms with Gasteiger partial charge in [-0.1, -0.05) is 28.1 Å². The molecule has 2 aromatic rings. The van der Waals surface area contributed by atoms with Crippen molar-refractivity contribution in [1.82, 2.24) is 0 Å². The van der Waals surface area contributed by atoms with Gasteiger partial charge in [-0.3, -0.25) is 4.79 Å². The monoisotopic (exact) mass is 389 g/mol. The summed E-state index contributed by atoms with van der Waals surface area (Å²) in [6.45, 7) is 0. The highest BCUT2D eigenvalue weighted by atomic mass is 79.9. The number of hydrogen-bond acceptors (Lipinski definition) is 3. The van der Waals surface area contributed by atoms with Crippen molar-refractivity contribution in [3.8, 4) is 5.75 Å². The smallest absolute Gasteiger partial charge is 0.337 e. The van der Waals surface area contributed by atoms with Gasteiger partial charge in [-0.05, 0) is 48.2 Å². The SMILES string of the molecule is COc1ccc(C2CC2C(=O)Nc2ccc(Br)cc2C(=O)O)cc1. The molecule has 6 heteroatoms. The predicted octanol–water partition coefficient (Wildman–Crippen LogP) is 3.90. The lowest BCUT2D eigenvalue weighted by atomic mass is 10.1. The van der Waals surface area contributed by atoms with Crippen LogP contribution in [0.2, 0.25) is 0 Å². The van der Waals surface area contributed by atoms with E-state index < -0.39 is 5.97 Å². The van der Waals surface area contributed by atoms with Crippen molar-refractivity contribution in [2.75, 3.05) is 12.4 Å². The molecule has 1 aliphatic rings. The number of anilines is 1. The Bertz CT molecular complexity index is 788. The molecule has 2 aromatic carbocycles. The van der Waals surface area contributed by atoms with Crippen LogP contribution in [-0.4, -0.2) is 24.1 Å². The molecule has 0 spiro atoms. The lowest BCUT2D eigenvalue weighted by molar-refractivity contribution is -0.117. The van der Waals surface area contributed by atoms with Crippen molar-refractivity contribution in [2.24, 2.45) is 5.92 Å². The number of hydrogen-bond donors (Lipinski definition) is 2. The van der Waals surface area contributed by atoms with E-state index >= 15 is 0 Å². The fourth-order valence-electron chi connectivity index (χ4n) is 2.73. The maximum absolute atomic E-state index is 12.4. The molecule has 1 fully saturated rings. The van der Waals surface area contributed by atoms with E-state index in [2.05, 4.69) is 21.2 Å². The van der Waals surface area contributed by atoms with Crippen LogP contribution < -0.4 is 10.1 Å². The maximum Gasteiger partial charge on any atom is 0.337 e. The standard InChI is InChI=1S/C18H16BrNO4/c1-24-12-5-2-10(3-6-12)13-9-14(13)17(21)20-16-7-4-11(19)8-15(16)18(22)23/h2-8,13-14H,9H2,1H3,(H,20,21)(H,22,23). The van der Waals surface area contributed by atoms with Crippen molar-refractivity contribution in [1.29, 1.82) is 0 Å². The lowest BCUT2D eigenvalue weighted by Gasteiger charge is -2.09. The number of carbonyl (C=O) groups is 2. The Morgan fingerprint density at radius 2 is 1.92 bits per heavy atom. The minimum atomic E-state index is -1.07. The summed E-state index contributed by atoms with van der Waals surface area (Å²) in [5.74, 6) is -0.417. The van der Waals surface area contributed by atoms with Gasteiger partial charge < -0.3 is 15.2 Å². The molecule has 1 aliphatic carbocycles. The van der Waals surface area contributed by atoms with Gasteiger partial charge in [0.15, 0.2) is 0 Å². The fourth-order valence-corrected chi connectivity index (χ4v) is 3.09. The minimum Gasteiger partial charge on any atom is -0.497 e. The summed E-state index contributed by atoms with van der Waals surface area (Å²) in [7, 11) is 1.61. The van der Waals surface area contributed by atoms with E-state index in [9.17, 15) is 14.7 Å². The first-order chi connectivity index (χ1) is 11.5. The summed E-state index contributed by atoms with van der Waals surface area (Å²) in [6.07, 6.45) is 0.761. The van der Waals surface area contributed by atoms with Crippen molar-refractivity contribution in [3.63, 3.8) is 0 Å². The first-order valence-corrected chi connectivity index (χ1v) is 8.26. The molecular weight excluding hydrogens is 374 g/mol. The number of halogens is 1. The molecule has 0 heterocycles. The van der Waals surface area contributed by atoms with E-state index in [0.717, 1.165) is 17.7 Å². The van der Waals surface area contributed by atoms with Gasteiger partial charge >= 0.3 is 5.97 Å². The predicted molar refractivity (Wildman–Crippen MR) is 93.6 cm³/mol. The molecule has 1 amide bonds. The van der Waals surface area contributed by atoms with Gasteiger partial charge in [-0.2, -0.15) is 0 Å². The molecule has 2 N–H and O–H groups in total. The van der Waals surface area contributed by atoms with E-state index in [4.69, 9.17) is 4.74 Å². The van der Waals surface area contributed by atoms with Crippen LogP contribution >= 0.6 is 15.9 Å². The molecule has 5 nitrogen and oxygen atoms in total. The minimum absolute atomic E-state index is 0.0689. The highest BCUT2D eigenvalue weighted by Crippen LogP contribution is 2.48. The van der Waals surface area contributed by atoms with Crippen molar-refractivity contribution >= 4 is 33.5 Å². The van der Waals surface area contributed by atoms with E-state index in [-0.39, 0.29) is 23.3 Å². The Morgan fingerprint density at radius 1 is 1.21 bits per heavy atom. The van der Waals surface area contributed by atoms with Gasteiger partial charge in [0.1, 0.15) is 5.75 Å². The number of nitrogens with one attached hydrogen (secondary N) is 1.